The molecular formula is C18H14Cl2N2O5. The van der Waals surface area contributed by atoms with E-state index in [9.17, 15) is 9.59 Å². The van der Waals surface area contributed by atoms with E-state index in [0.717, 1.165) is 4.68 Å². The van der Waals surface area contributed by atoms with E-state index in [-0.39, 0.29) is 25.6 Å². The Kier molecular flexibility index (Phi) is 6.16. The Hall–Kier alpha value is -2.77. The maximum absolute atomic E-state index is 11.9. The summed E-state index contributed by atoms with van der Waals surface area (Å²) < 4.78 is 16.4. The van der Waals surface area contributed by atoms with Crippen LogP contribution in [0.25, 0.3) is 11.5 Å². The van der Waals surface area contributed by atoms with Gasteiger partial charge in [0.05, 0.1) is 10.0 Å². The Balaban J connectivity index is 1.51. The van der Waals surface area contributed by atoms with E-state index in [1.807, 2.05) is 6.07 Å². The van der Waals surface area contributed by atoms with E-state index in [4.69, 9.17) is 37.1 Å². The lowest BCUT2D eigenvalue weighted by Gasteiger charge is -2.09. The molecule has 1 aromatic heterocycles. The van der Waals surface area contributed by atoms with Crippen LogP contribution in [0.1, 0.15) is 0 Å². The molecule has 0 aliphatic rings. The standard InChI is InChI=1S/C18H14Cl2N2O5/c19-13-7-4-8-14(20)16(13)26-10-9-25-15(23)11-22-18(24)27-17(21-22)12-5-2-1-3-6-12/h1-8H,9-11H2. The van der Waals surface area contributed by atoms with E-state index in [1.165, 1.54) is 0 Å². The Morgan fingerprint density at radius 2 is 1.74 bits per heavy atom. The van der Waals surface area contributed by atoms with Gasteiger partial charge in [-0.3, -0.25) is 4.79 Å². The molecule has 0 saturated heterocycles. The smallest absolute Gasteiger partial charge is 0.437 e. The van der Waals surface area contributed by atoms with Gasteiger partial charge in [0.2, 0.25) is 5.89 Å². The summed E-state index contributed by atoms with van der Waals surface area (Å²) in [6.45, 7) is -0.362. The molecule has 7 nitrogen and oxygen atoms in total. The van der Waals surface area contributed by atoms with Crippen molar-refractivity contribution in [3.8, 4) is 17.2 Å². The van der Waals surface area contributed by atoms with Crippen molar-refractivity contribution < 1.29 is 18.7 Å². The van der Waals surface area contributed by atoms with Crippen molar-refractivity contribution in [1.29, 1.82) is 0 Å². The zero-order chi connectivity index (χ0) is 19.2. The molecule has 3 aromatic rings. The molecule has 140 valence electrons. The number of halogens is 2. The fourth-order valence-corrected chi connectivity index (χ4v) is 2.70. The first-order chi connectivity index (χ1) is 13.0. The lowest BCUT2D eigenvalue weighted by atomic mass is 10.2. The van der Waals surface area contributed by atoms with Crippen LogP contribution in [0.2, 0.25) is 10.0 Å². The Bertz CT molecular complexity index is 965. The van der Waals surface area contributed by atoms with E-state index in [0.29, 0.717) is 21.4 Å². The predicted octanol–water partition coefficient (Wildman–Crippen LogP) is 3.43. The Labute approximate surface area is 164 Å². The summed E-state index contributed by atoms with van der Waals surface area (Å²) in [5.41, 5.74) is 0.631. The molecule has 0 saturated carbocycles. The molecule has 2 aromatic carbocycles. The van der Waals surface area contributed by atoms with Crippen molar-refractivity contribution in [1.82, 2.24) is 9.78 Å². The average Bonchev–Trinajstić information content (AvgIpc) is 3.02. The summed E-state index contributed by atoms with van der Waals surface area (Å²) in [6, 6.07) is 13.8. The number of hydrogen-bond acceptors (Lipinski definition) is 6. The second kappa shape index (κ2) is 8.75. The molecule has 0 unspecified atom stereocenters. The van der Waals surface area contributed by atoms with Crippen LogP contribution in [0, 0.1) is 0 Å². The first kappa shape index (κ1) is 19.0. The normalized spacial score (nSPS) is 10.6. The van der Waals surface area contributed by atoms with Crippen LogP contribution in [0.15, 0.2) is 57.7 Å². The minimum atomic E-state index is -0.745. The molecule has 3 rings (SSSR count). The summed E-state index contributed by atoms with van der Waals surface area (Å²) in [4.78, 5) is 23.7. The van der Waals surface area contributed by atoms with Crippen molar-refractivity contribution in [2.75, 3.05) is 13.2 Å². The van der Waals surface area contributed by atoms with Gasteiger partial charge in [0.15, 0.2) is 5.75 Å². The molecule has 0 bridgehead atoms. The predicted molar refractivity (Wildman–Crippen MR) is 99.1 cm³/mol. The molecule has 0 atom stereocenters. The minimum absolute atomic E-state index is 0.0431. The molecule has 0 aliphatic heterocycles. The summed E-state index contributed by atoms with van der Waals surface area (Å²) in [5, 5.41) is 4.71. The average molecular weight is 409 g/mol. The third-order valence-electron chi connectivity index (χ3n) is 3.42. The van der Waals surface area contributed by atoms with Crippen LogP contribution in [0.3, 0.4) is 0 Å². The number of esters is 1. The van der Waals surface area contributed by atoms with Gasteiger partial charge < -0.3 is 13.9 Å². The van der Waals surface area contributed by atoms with Gasteiger partial charge in [-0.05, 0) is 24.3 Å². The van der Waals surface area contributed by atoms with Gasteiger partial charge in [-0.25, -0.2) is 4.79 Å². The Morgan fingerprint density at radius 1 is 1.04 bits per heavy atom. The fraction of sp³-hybridized carbons (Fsp3) is 0.167. The Morgan fingerprint density at radius 3 is 2.44 bits per heavy atom. The molecule has 0 amide bonds. The van der Waals surface area contributed by atoms with Gasteiger partial charge in [-0.2, -0.15) is 4.68 Å². The van der Waals surface area contributed by atoms with Crippen molar-refractivity contribution in [2.24, 2.45) is 0 Å². The number of aromatic nitrogens is 2. The zero-order valence-corrected chi connectivity index (χ0v) is 15.4. The molecular weight excluding hydrogens is 395 g/mol. The van der Waals surface area contributed by atoms with Crippen LogP contribution >= 0.6 is 23.2 Å². The van der Waals surface area contributed by atoms with E-state index >= 15 is 0 Å². The molecule has 0 fully saturated rings. The molecule has 0 aliphatic carbocycles. The number of benzene rings is 2. The van der Waals surface area contributed by atoms with Crippen molar-refractivity contribution >= 4 is 29.2 Å². The summed E-state index contributed by atoms with van der Waals surface area (Å²) in [5.74, 6) is -0.953. The van der Waals surface area contributed by atoms with Gasteiger partial charge in [-0.1, -0.05) is 47.5 Å². The number of hydrogen-bond donors (Lipinski definition) is 0. The molecule has 27 heavy (non-hydrogen) atoms. The quantitative estimate of drug-likeness (QED) is 0.439. The van der Waals surface area contributed by atoms with Gasteiger partial charge in [0, 0.05) is 5.56 Å². The second-order valence-electron chi connectivity index (χ2n) is 5.32. The number of carbonyl (C=O) groups is 1. The van der Waals surface area contributed by atoms with E-state index in [1.54, 1.807) is 42.5 Å². The number of carbonyl (C=O) groups excluding carboxylic acids is 1. The summed E-state index contributed by atoms with van der Waals surface area (Å²) >= 11 is 11.9. The second-order valence-corrected chi connectivity index (χ2v) is 6.13. The summed E-state index contributed by atoms with van der Waals surface area (Å²) in [7, 11) is 0. The molecule has 0 N–H and O–H groups in total. The third-order valence-corrected chi connectivity index (χ3v) is 4.01. The third kappa shape index (κ3) is 4.90. The fourth-order valence-electron chi connectivity index (χ4n) is 2.19. The highest BCUT2D eigenvalue weighted by Gasteiger charge is 2.14. The van der Waals surface area contributed by atoms with Crippen molar-refractivity contribution in [3.05, 3.63) is 69.1 Å². The van der Waals surface area contributed by atoms with Crippen LogP contribution in [-0.4, -0.2) is 29.0 Å². The van der Waals surface area contributed by atoms with Gasteiger partial charge in [0.25, 0.3) is 0 Å². The molecule has 0 spiro atoms. The lowest BCUT2D eigenvalue weighted by molar-refractivity contribution is -0.145. The van der Waals surface area contributed by atoms with Gasteiger partial charge in [0.1, 0.15) is 19.8 Å². The van der Waals surface area contributed by atoms with Crippen LogP contribution in [0.5, 0.6) is 5.75 Å². The zero-order valence-electron chi connectivity index (χ0n) is 13.9. The first-order valence-electron chi connectivity index (χ1n) is 7.90. The lowest BCUT2D eigenvalue weighted by Crippen LogP contribution is -2.24. The maximum atomic E-state index is 11.9. The minimum Gasteiger partial charge on any atom is -0.487 e. The van der Waals surface area contributed by atoms with Crippen molar-refractivity contribution in [2.45, 2.75) is 6.54 Å². The van der Waals surface area contributed by atoms with Crippen LogP contribution < -0.4 is 10.5 Å². The molecule has 1 heterocycles. The highest BCUT2D eigenvalue weighted by molar-refractivity contribution is 6.37. The molecule has 0 radical (unpaired) electrons. The topological polar surface area (TPSA) is 83.6 Å². The highest BCUT2D eigenvalue weighted by Crippen LogP contribution is 2.32. The monoisotopic (exact) mass is 408 g/mol. The van der Waals surface area contributed by atoms with Crippen LogP contribution in [0.4, 0.5) is 0 Å². The van der Waals surface area contributed by atoms with Gasteiger partial charge >= 0.3 is 11.7 Å². The number of para-hydroxylation sites is 1. The maximum Gasteiger partial charge on any atom is 0.437 e. The summed E-state index contributed by atoms with van der Waals surface area (Å²) in [6.07, 6.45) is 0. The van der Waals surface area contributed by atoms with Crippen LogP contribution in [-0.2, 0) is 16.1 Å². The number of nitrogens with zero attached hydrogens (tertiary/aromatic N) is 2. The number of rotatable bonds is 7. The van der Waals surface area contributed by atoms with E-state index < -0.39 is 11.7 Å². The molecule has 9 heteroatoms. The SMILES string of the molecule is O=C(Cn1nc(-c2ccccc2)oc1=O)OCCOc1c(Cl)cccc1Cl. The van der Waals surface area contributed by atoms with Gasteiger partial charge in [-0.15, -0.1) is 5.10 Å². The van der Waals surface area contributed by atoms with Crippen molar-refractivity contribution in [3.63, 3.8) is 0 Å². The van der Waals surface area contributed by atoms with E-state index in [2.05, 4.69) is 5.10 Å². The highest BCUT2D eigenvalue weighted by atomic mass is 35.5. The number of ether oxygens (including phenoxy) is 2. The largest absolute Gasteiger partial charge is 0.487 e. The first-order valence-corrected chi connectivity index (χ1v) is 8.66.